The number of hydrogen-bond acceptors (Lipinski definition) is 4. The lowest BCUT2D eigenvalue weighted by atomic mass is 10.2. The van der Waals surface area contributed by atoms with Gasteiger partial charge in [0.1, 0.15) is 18.2 Å². The maximum atomic E-state index is 12.7. The highest BCUT2D eigenvalue weighted by Crippen LogP contribution is 2.10. The Bertz CT molecular complexity index is 359. The molecule has 0 fully saturated rings. The number of hydrogen-bond donors (Lipinski definition) is 2. The molecule has 0 spiro atoms. The topological polar surface area (TPSA) is 50.7 Å². The molecule has 2 unspecified atom stereocenters. The summed E-state index contributed by atoms with van der Waals surface area (Å²) in [5, 5.41) is 12.9. The third-order valence-electron chi connectivity index (χ3n) is 2.93. The van der Waals surface area contributed by atoms with Crippen LogP contribution >= 0.6 is 0 Å². The first-order chi connectivity index (χ1) is 9.61. The molecule has 1 rings (SSSR count). The molecule has 0 aliphatic rings. The largest absolute Gasteiger partial charge is 0.491 e. The Morgan fingerprint density at radius 1 is 1.25 bits per heavy atom. The highest BCUT2D eigenvalue weighted by atomic mass is 19.1. The number of nitrogens with one attached hydrogen (secondary N) is 1. The van der Waals surface area contributed by atoms with Crippen LogP contribution in [0.2, 0.25) is 0 Å². The van der Waals surface area contributed by atoms with E-state index in [1.54, 1.807) is 12.1 Å². The van der Waals surface area contributed by atoms with Crippen LogP contribution in [0.1, 0.15) is 20.3 Å². The van der Waals surface area contributed by atoms with Gasteiger partial charge in [-0.25, -0.2) is 4.39 Å². The molecule has 0 heterocycles. The normalized spacial score (nSPS) is 14.0. The van der Waals surface area contributed by atoms with Crippen molar-refractivity contribution < 1.29 is 19.0 Å². The Balaban J connectivity index is 2.02. The van der Waals surface area contributed by atoms with Crippen molar-refractivity contribution >= 4 is 0 Å². The first-order valence-corrected chi connectivity index (χ1v) is 6.99. The second-order valence-electron chi connectivity index (χ2n) is 4.75. The summed E-state index contributed by atoms with van der Waals surface area (Å²) >= 11 is 0. The van der Waals surface area contributed by atoms with Crippen molar-refractivity contribution in [3.05, 3.63) is 30.1 Å². The summed E-state index contributed by atoms with van der Waals surface area (Å²) < 4.78 is 23.3. The Kier molecular flexibility index (Phi) is 8.18. The third kappa shape index (κ3) is 7.43. The van der Waals surface area contributed by atoms with Crippen molar-refractivity contribution in [1.82, 2.24) is 5.32 Å². The van der Waals surface area contributed by atoms with Crippen LogP contribution in [0, 0.1) is 5.82 Å². The van der Waals surface area contributed by atoms with Crippen LogP contribution in [0.3, 0.4) is 0 Å². The summed E-state index contributed by atoms with van der Waals surface area (Å²) in [7, 11) is 0. The smallest absolute Gasteiger partial charge is 0.123 e. The molecule has 0 bridgehead atoms. The molecule has 1 aromatic carbocycles. The van der Waals surface area contributed by atoms with E-state index in [1.165, 1.54) is 12.1 Å². The van der Waals surface area contributed by atoms with E-state index < -0.39 is 6.10 Å². The van der Waals surface area contributed by atoms with Gasteiger partial charge < -0.3 is 19.9 Å². The minimum atomic E-state index is -0.519. The Morgan fingerprint density at radius 3 is 2.60 bits per heavy atom. The summed E-state index contributed by atoms with van der Waals surface area (Å²) in [5.74, 6) is 0.319. The molecule has 0 aliphatic heterocycles. The lowest BCUT2D eigenvalue weighted by molar-refractivity contribution is 0.0241. The van der Waals surface area contributed by atoms with Crippen LogP contribution in [0.25, 0.3) is 0 Å². The average Bonchev–Trinajstić information content (AvgIpc) is 2.46. The maximum Gasteiger partial charge on any atom is 0.123 e. The molecular weight excluding hydrogens is 261 g/mol. The van der Waals surface area contributed by atoms with Crippen LogP contribution in [-0.2, 0) is 4.74 Å². The van der Waals surface area contributed by atoms with Gasteiger partial charge in [-0.05, 0) is 37.6 Å². The molecule has 0 aliphatic carbocycles. The highest BCUT2D eigenvalue weighted by molar-refractivity contribution is 5.21. The molecule has 0 radical (unpaired) electrons. The quantitative estimate of drug-likeness (QED) is 0.645. The number of aliphatic hydroxyl groups excluding tert-OH is 1. The van der Waals surface area contributed by atoms with Crippen molar-refractivity contribution in [2.75, 3.05) is 26.4 Å². The first-order valence-electron chi connectivity index (χ1n) is 6.99. The standard InChI is InChI=1S/C15H24FNO3/c1-3-12(2)17-10-14(18)11-19-8-9-20-15-6-4-13(16)5-7-15/h4-7,12,14,17-18H,3,8-11H2,1-2H3. The highest BCUT2D eigenvalue weighted by Gasteiger charge is 2.06. The van der Waals surface area contributed by atoms with E-state index in [4.69, 9.17) is 9.47 Å². The van der Waals surface area contributed by atoms with Gasteiger partial charge in [-0.1, -0.05) is 6.92 Å². The molecule has 0 amide bonds. The third-order valence-corrected chi connectivity index (χ3v) is 2.93. The van der Waals surface area contributed by atoms with E-state index in [-0.39, 0.29) is 12.4 Å². The summed E-state index contributed by atoms with van der Waals surface area (Å²) in [6.45, 7) is 5.72. The summed E-state index contributed by atoms with van der Waals surface area (Å²) in [4.78, 5) is 0. The monoisotopic (exact) mass is 285 g/mol. The second-order valence-corrected chi connectivity index (χ2v) is 4.75. The van der Waals surface area contributed by atoms with Gasteiger partial charge in [0.15, 0.2) is 0 Å². The molecule has 0 aromatic heterocycles. The van der Waals surface area contributed by atoms with Crippen molar-refractivity contribution in [3.63, 3.8) is 0 Å². The second kappa shape index (κ2) is 9.69. The van der Waals surface area contributed by atoms with E-state index >= 15 is 0 Å². The molecule has 20 heavy (non-hydrogen) atoms. The number of ether oxygens (including phenoxy) is 2. The van der Waals surface area contributed by atoms with Gasteiger partial charge in [0, 0.05) is 12.6 Å². The zero-order valence-corrected chi connectivity index (χ0v) is 12.1. The lowest BCUT2D eigenvalue weighted by Gasteiger charge is -2.16. The van der Waals surface area contributed by atoms with Crippen LogP contribution < -0.4 is 10.1 Å². The Hall–Kier alpha value is -1.17. The van der Waals surface area contributed by atoms with E-state index in [0.29, 0.717) is 31.5 Å². The van der Waals surface area contributed by atoms with Gasteiger partial charge in [0.25, 0.3) is 0 Å². The van der Waals surface area contributed by atoms with Crippen LogP contribution in [0.5, 0.6) is 5.75 Å². The molecule has 114 valence electrons. The average molecular weight is 285 g/mol. The van der Waals surface area contributed by atoms with Gasteiger partial charge in [-0.2, -0.15) is 0 Å². The van der Waals surface area contributed by atoms with Gasteiger partial charge in [-0.15, -0.1) is 0 Å². The van der Waals surface area contributed by atoms with E-state index in [2.05, 4.69) is 19.2 Å². The van der Waals surface area contributed by atoms with Crippen molar-refractivity contribution in [3.8, 4) is 5.75 Å². The molecule has 0 saturated carbocycles. The minimum absolute atomic E-state index is 0.274. The van der Waals surface area contributed by atoms with Gasteiger partial charge in [-0.3, -0.25) is 0 Å². The van der Waals surface area contributed by atoms with Crippen LogP contribution in [0.4, 0.5) is 4.39 Å². The van der Waals surface area contributed by atoms with Gasteiger partial charge in [0.05, 0.1) is 19.3 Å². The number of benzene rings is 1. The Labute approximate surface area is 119 Å². The fraction of sp³-hybridized carbons (Fsp3) is 0.600. The van der Waals surface area contributed by atoms with Crippen LogP contribution in [0.15, 0.2) is 24.3 Å². The molecular formula is C15H24FNO3. The zero-order valence-electron chi connectivity index (χ0n) is 12.1. The zero-order chi connectivity index (χ0) is 14.8. The summed E-state index contributed by atoms with van der Waals surface area (Å²) in [6, 6.07) is 6.23. The van der Waals surface area contributed by atoms with E-state index in [9.17, 15) is 9.50 Å². The molecule has 4 nitrogen and oxygen atoms in total. The van der Waals surface area contributed by atoms with Crippen molar-refractivity contribution in [2.24, 2.45) is 0 Å². The maximum absolute atomic E-state index is 12.7. The summed E-state index contributed by atoms with van der Waals surface area (Å²) in [5.41, 5.74) is 0. The number of rotatable bonds is 10. The fourth-order valence-electron chi connectivity index (χ4n) is 1.51. The van der Waals surface area contributed by atoms with Crippen LogP contribution in [-0.4, -0.2) is 43.6 Å². The molecule has 1 aromatic rings. The predicted molar refractivity (Wildman–Crippen MR) is 76.5 cm³/mol. The SMILES string of the molecule is CCC(C)NCC(O)COCCOc1ccc(F)cc1. The minimum Gasteiger partial charge on any atom is -0.491 e. The van der Waals surface area contributed by atoms with Gasteiger partial charge >= 0.3 is 0 Å². The van der Waals surface area contributed by atoms with E-state index in [0.717, 1.165) is 6.42 Å². The van der Waals surface area contributed by atoms with Crippen molar-refractivity contribution in [2.45, 2.75) is 32.4 Å². The Morgan fingerprint density at radius 2 is 1.95 bits per heavy atom. The number of halogens is 1. The van der Waals surface area contributed by atoms with E-state index in [1.807, 2.05) is 0 Å². The van der Waals surface area contributed by atoms with Gasteiger partial charge in [0.2, 0.25) is 0 Å². The molecule has 2 N–H and O–H groups in total. The first kappa shape index (κ1) is 16.9. The molecule has 2 atom stereocenters. The fourth-order valence-corrected chi connectivity index (χ4v) is 1.51. The molecule has 0 saturated heterocycles. The van der Waals surface area contributed by atoms with Crippen molar-refractivity contribution in [1.29, 1.82) is 0 Å². The summed E-state index contributed by atoms with van der Waals surface area (Å²) in [6.07, 6.45) is 0.508. The molecule has 5 heteroatoms. The number of aliphatic hydroxyl groups is 1. The predicted octanol–water partition coefficient (Wildman–Crippen LogP) is 1.97. The lowest BCUT2D eigenvalue weighted by Crippen LogP contribution is -2.35.